The van der Waals surface area contributed by atoms with Gasteiger partial charge in [0.2, 0.25) is 0 Å². The normalized spacial score (nSPS) is 12.6. The molecule has 8 nitrogen and oxygen atoms in total. The van der Waals surface area contributed by atoms with Crippen molar-refractivity contribution in [2.45, 2.75) is 52.6 Å². The molecule has 0 aliphatic rings. The van der Waals surface area contributed by atoms with E-state index in [0.29, 0.717) is 25.2 Å². The first-order chi connectivity index (χ1) is 11.8. The zero-order valence-electron chi connectivity index (χ0n) is 15.0. The Hall–Kier alpha value is -2.48. The largest absolute Gasteiger partial charge is 0.352 e. The van der Waals surface area contributed by atoms with Crippen LogP contribution in [0.2, 0.25) is 0 Å². The molecule has 0 bridgehead atoms. The Balaban J connectivity index is 2.67. The molecule has 25 heavy (non-hydrogen) atoms. The SMILES string of the molecule is CCn1c(=O)[nH]c(=O)c2c(C(=O)NCCC(C)N)cc(C(C)C)nc21. The second-order valence-corrected chi connectivity index (χ2v) is 6.47. The maximum absolute atomic E-state index is 12.6. The number of nitrogens with two attached hydrogens (primary N) is 1. The number of hydrogen-bond acceptors (Lipinski definition) is 5. The summed E-state index contributed by atoms with van der Waals surface area (Å²) < 4.78 is 1.36. The Labute approximate surface area is 145 Å². The number of aromatic nitrogens is 3. The van der Waals surface area contributed by atoms with Gasteiger partial charge in [-0.1, -0.05) is 13.8 Å². The molecule has 0 aliphatic heterocycles. The number of fused-ring (bicyclic) bond motifs is 1. The lowest BCUT2D eigenvalue weighted by molar-refractivity contribution is 0.0954. The molecule has 0 aliphatic carbocycles. The molecule has 0 saturated carbocycles. The highest BCUT2D eigenvalue weighted by Gasteiger charge is 2.19. The maximum Gasteiger partial charge on any atom is 0.329 e. The Morgan fingerprint density at radius 1 is 1.36 bits per heavy atom. The van der Waals surface area contributed by atoms with Gasteiger partial charge in [0.15, 0.2) is 5.65 Å². The van der Waals surface area contributed by atoms with Crippen LogP contribution >= 0.6 is 0 Å². The van der Waals surface area contributed by atoms with Crippen molar-refractivity contribution in [1.29, 1.82) is 0 Å². The molecule has 0 radical (unpaired) electrons. The summed E-state index contributed by atoms with van der Waals surface area (Å²) in [6.45, 7) is 8.26. The first-order valence-corrected chi connectivity index (χ1v) is 8.47. The van der Waals surface area contributed by atoms with E-state index in [-0.39, 0.29) is 34.5 Å². The number of carbonyl (C=O) groups excluding carboxylic acids is 1. The van der Waals surface area contributed by atoms with Gasteiger partial charge >= 0.3 is 5.69 Å². The summed E-state index contributed by atoms with van der Waals surface area (Å²) in [7, 11) is 0. The first kappa shape index (κ1) is 18.9. The second-order valence-electron chi connectivity index (χ2n) is 6.47. The smallest absolute Gasteiger partial charge is 0.329 e. The van der Waals surface area contributed by atoms with Crippen LogP contribution in [-0.4, -0.2) is 33.0 Å². The molecule has 1 amide bonds. The van der Waals surface area contributed by atoms with E-state index in [4.69, 9.17) is 5.73 Å². The molecule has 1 unspecified atom stereocenters. The summed E-state index contributed by atoms with van der Waals surface area (Å²) in [4.78, 5) is 43.8. The third kappa shape index (κ3) is 3.96. The monoisotopic (exact) mass is 347 g/mol. The Kier molecular flexibility index (Phi) is 5.73. The Bertz CT molecular complexity index is 896. The molecular weight excluding hydrogens is 322 g/mol. The van der Waals surface area contributed by atoms with E-state index in [1.807, 2.05) is 20.8 Å². The Morgan fingerprint density at radius 3 is 2.60 bits per heavy atom. The number of aryl methyl sites for hydroxylation is 1. The van der Waals surface area contributed by atoms with Gasteiger partial charge in [0.1, 0.15) is 0 Å². The van der Waals surface area contributed by atoms with Crippen LogP contribution in [0.25, 0.3) is 11.0 Å². The van der Waals surface area contributed by atoms with Crippen LogP contribution in [0, 0.1) is 0 Å². The molecule has 1 atom stereocenters. The van der Waals surface area contributed by atoms with Crippen LogP contribution in [0.4, 0.5) is 0 Å². The fourth-order valence-corrected chi connectivity index (χ4v) is 2.57. The molecule has 0 saturated heterocycles. The van der Waals surface area contributed by atoms with Gasteiger partial charge < -0.3 is 11.1 Å². The van der Waals surface area contributed by atoms with Crippen molar-refractivity contribution in [1.82, 2.24) is 19.9 Å². The van der Waals surface area contributed by atoms with Crippen LogP contribution in [0.3, 0.4) is 0 Å². The summed E-state index contributed by atoms with van der Waals surface area (Å²) in [6, 6.07) is 1.59. The molecule has 0 aromatic carbocycles. The summed E-state index contributed by atoms with van der Waals surface area (Å²) in [5.41, 5.74) is 5.67. The zero-order chi connectivity index (χ0) is 18.7. The molecule has 2 heterocycles. The van der Waals surface area contributed by atoms with Crippen molar-refractivity contribution in [2.75, 3.05) is 6.54 Å². The molecule has 4 N–H and O–H groups in total. The van der Waals surface area contributed by atoms with Crippen molar-refractivity contribution in [3.05, 3.63) is 38.2 Å². The minimum Gasteiger partial charge on any atom is -0.352 e. The molecule has 2 aromatic heterocycles. The number of aromatic amines is 1. The maximum atomic E-state index is 12.6. The standard InChI is InChI=1S/C17H25N5O3/c1-5-22-14-13(16(24)21-17(22)25)11(8-12(20-14)9(2)3)15(23)19-7-6-10(4)18/h8-10H,5-7,18H2,1-4H3,(H,19,23)(H,21,24,25). The number of nitrogens with zero attached hydrogens (tertiary/aromatic N) is 2. The highest BCUT2D eigenvalue weighted by Crippen LogP contribution is 2.19. The predicted octanol–water partition coefficient (Wildman–Crippen LogP) is 0.695. The van der Waals surface area contributed by atoms with Crippen LogP contribution < -0.4 is 22.3 Å². The van der Waals surface area contributed by atoms with E-state index in [1.165, 1.54) is 4.57 Å². The number of amides is 1. The number of rotatable bonds is 6. The van der Waals surface area contributed by atoms with Crippen molar-refractivity contribution in [2.24, 2.45) is 5.73 Å². The van der Waals surface area contributed by atoms with Crippen LogP contribution in [0.1, 0.15) is 56.1 Å². The molecule has 2 rings (SSSR count). The summed E-state index contributed by atoms with van der Waals surface area (Å²) >= 11 is 0. The first-order valence-electron chi connectivity index (χ1n) is 8.47. The molecule has 2 aromatic rings. The number of nitrogens with one attached hydrogen (secondary N) is 2. The minimum absolute atomic E-state index is 0.0330. The molecular formula is C17H25N5O3. The van der Waals surface area contributed by atoms with Crippen molar-refractivity contribution in [3.63, 3.8) is 0 Å². The number of carbonyl (C=O) groups is 1. The van der Waals surface area contributed by atoms with E-state index in [0.717, 1.165) is 0 Å². The molecule has 0 spiro atoms. The highest BCUT2D eigenvalue weighted by molar-refractivity contribution is 6.05. The van der Waals surface area contributed by atoms with Gasteiger partial charge in [0.25, 0.3) is 11.5 Å². The van der Waals surface area contributed by atoms with E-state index in [1.54, 1.807) is 13.0 Å². The summed E-state index contributed by atoms with van der Waals surface area (Å²) in [5, 5.41) is 2.91. The quantitative estimate of drug-likeness (QED) is 0.709. The number of hydrogen-bond donors (Lipinski definition) is 3. The average Bonchev–Trinajstić information content (AvgIpc) is 2.53. The fourth-order valence-electron chi connectivity index (χ4n) is 2.57. The lowest BCUT2D eigenvalue weighted by Gasteiger charge is -2.14. The average molecular weight is 347 g/mol. The second kappa shape index (κ2) is 7.60. The van der Waals surface area contributed by atoms with Gasteiger partial charge in [-0.15, -0.1) is 0 Å². The fraction of sp³-hybridized carbons (Fsp3) is 0.529. The lowest BCUT2D eigenvalue weighted by atomic mass is 10.0. The molecule has 8 heteroatoms. The topological polar surface area (TPSA) is 123 Å². The highest BCUT2D eigenvalue weighted by atomic mass is 16.2. The van der Waals surface area contributed by atoms with E-state index >= 15 is 0 Å². The van der Waals surface area contributed by atoms with E-state index in [2.05, 4.69) is 15.3 Å². The zero-order valence-corrected chi connectivity index (χ0v) is 15.0. The van der Waals surface area contributed by atoms with Gasteiger partial charge in [-0.05, 0) is 32.3 Å². The van der Waals surface area contributed by atoms with Crippen molar-refractivity contribution >= 4 is 16.9 Å². The van der Waals surface area contributed by atoms with E-state index in [9.17, 15) is 14.4 Å². The lowest BCUT2D eigenvalue weighted by Crippen LogP contribution is -2.34. The minimum atomic E-state index is -0.607. The summed E-state index contributed by atoms with van der Waals surface area (Å²) in [5.74, 6) is -0.332. The van der Waals surface area contributed by atoms with Gasteiger partial charge in [-0.2, -0.15) is 0 Å². The van der Waals surface area contributed by atoms with Gasteiger partial charge in [0.05, 0.1) is 10.9 Å². The van der Waals surface area contributed by atoms with Crippen LogP contribution in [-0.2, 0) is 6.54 Å². The predicted molar refractivity (Wildman–Crippen MR) is 97.0 cm³/mol. The molecule has 136 valence electrons. The molecule has 0 fully saturated rings. The number of H-pyrrole nitrogens is 1. The number of pyridine rings is 1. The van der Waals surface area contributed by atoms with Crippen LogP contribution in [0.15, 0.2) is 15.7 Å². The van der Waals surface area contributed by atoms with E-state index < -0.39 is 11.2 Å². The van der Waals surface area contributed by atoms with Gasteiger partial charge in [-0.25, -0.2) is 9.78 Å². The van der Waals surface area contributed by atoms with Gasteiger partial charge in [-0.3, -0.25) is 19.1 Å². The van der Waals surface area contributed by atoms with Crippen LogP contribution in [0.5, 0.6) is 0 Å². The van der Waals surface area contributed by atoms with Gasteiger partial charge in [0, 0.05) is 24.8 Å². The third-order valence-electron chi connectivity index (χ3n) is 4.01. The third-order valence-corrected chi connectivity index (χ3v) is 4.01. The Morgan fingerprint density at radius 2 is 2.04 bits per heavy atom. The van der Waals surface area contributed by atoms with Crippen molar-refractivity contribution in [3.8, 4) is 0 Å². The van der Waals surface area contributed by atoms with Crippen molar-refractivity contribution < 1.29 is 4.79 Å². The summed E-state index contributed by atoms with van der Waals surface area (Å²) in [6.07, 6.45) is 0.627.